The number of rotatable bonds is 6. The molecule has 0 saturated carbocycles. The van der Waals surface area contributed by atoms with Gasteiger partial charge in [-0.1, -0.05) is 0 Å². The molecule has 0 bridgehead atoms. The Morgan fingerprint density at radius 1 is 0.889 bits per heavy atom. The van der Waals surface area contributed by atoms with E-state index in [4.69, 9.17) is 0 Å². The first-order chi connectivity index (χ1) is 12.8. The fourth-order valence-electron chi connectivity index (χ4n) is 2.12. The number of benzene rings is 2. The van der Waals surface area contributed by atoms with E-state index in [1.165, 1.54) is 6.92 Å². The lowest BCUT2D eigenvalue weighted by atomic mass is 10.2. The van der Waals surface area contributed by atoms with E-state index in [1.54, 1.807) is 24.3 Å². The van der Waals surface area contributed by atoms with E-state index in [0.717, 1.165) is 12.1 Å². The maximum absolute atomic E-state index is 13.4. The number of carbonyl (C=O) groups excluding carboxylic acids is 3. The second-order valence-corrected chi connectivity index (χ2v) is 5.52. The van der Waals surface area contributed by atoms with Crippen LogP contribution in [0.3, 0.4) is 0 Å². The van der Waals surface area contributed by atoms with Crippen molar-refractivity contribution in [2.24, 2.45) is 0 Å². The summed E-state index contributed by atoms with van der Waals surface area (Å²) in [6, 6.07) is 8.41. The number of anilines is 2. The van der Waals surface area contributed by atoms with Crippen molar-refractivity contribution < 1.29 is 23.2 Å². The third-order valence-corrected chi connectivity index (χ3v) is 3.34. The Kier molecular flexibility index (Phi) is 6.81. The number of urea groups is 1. The Labute approximate surface area is 154 Å². The topological polar surface area (TPSA) is 99.3 Å². The Morgan fingerprint density at radius 3 is 2.19 bits per heavy atom. The van der Waals surface area contributed by atoms with Crippen LogP contribution in [0.1, 0.15) is 17.3 Å². The molecule has 0 unspecified atom stereocenters. The Morgan fingerprint density at radius 2 is 1.56 bits per heavy atom. The first-order valence-electron chi connectivity index (χ1n) is 8.01. The van der Waals surface area contributed by atoms with Crippen molar-refractivity contribution in [3.63, 3.8) is 0 Å². The van der Waals surface area contributed by atoms with Crippen LogP contribution in [0.4, 0.5) is 25.0 Å². The lowest BCUT2D eigenvalue weighted by molar-refractivity contribution is -0.114. The van der Waals surface area contributed by atoms with Gasteiger partial charge in [-0.2, -0.15) is 0 Å². The van der Waals surface area contributed by atoms with E-state index in [1.807, 2.05) is 0 Å². The number of amides is 4. The SMILES string of the molecule is CC(=O)Nc1ccc(C(=O)NCCNC(=O)Nc2ccc(F)cc2F)cc1. The van der Waals surface area contributed by atoms with Gasteiger partial charge in [-0.15, -0.1) is 0 Å². The second kappa shape index (κ2) is 9.27. The highest BCUT2D eigenvalue weighted by molar-refractivity contribution is 5.95. The third kappa shape index (κ3) is 6.38. The molecule has 7 nitrogen and oxygen atoms in total. The Balaban J connectivity index is 1.73. The van der Waals surface area contributed by atoms with Crippen LogP contribution in [0.25, 0.3) is 0 Å². The highest BCUT2D eigenvalue weighted by atomic mass is 19.1. The van der Waals surface area contributed by atoms with Crippen LogP contribution in [0, 0.1) is 11.6 Å². The first kappa shape index (κ1) is 19.8. The molecule has 2 aromatic carbocycles. The van der Waals surface area contributed by atoms with Gasteiger partial charge in [0.1, 0.15) is 11.6 Å². The summed E-state index contributed by atoms with van der Waals surface area (Å²) in [4.78, 5) is 34.6. The Bertz CT molecular complexity index is 841. The molecular weight excluding hydrogens is 358 g/mol. The van der Waals surface area contributed by atoms with Gasteiger partial charge in [-0.05, 0) is 36.4 Å². The van der Waals surface area contributed by atoms with Gasteiger partial charge in [-0.25, -0.2) is 13.6 Å². The number of hydrogen-bond donors (Lipinski definition) is 4. The summed E-state index contributed by atoms with van der Waals surface area (Å²) in [6.07, 6.45) is 0. The molecule has 0 spiro atoms. The van der Waals surface area contributed by atoms with Crippen LogP contribution in [0.2, 0.25) is 0 Å². The van der Waals surface area contributed by atoms with Gasteiger partial charge >= 0.3 is 6.03 Å². The van der Waals surface area contributed by atoms with E-state index in [9.17, 15) is 23.2 Å². The maximum atomic E-state index is 13.4. The zero-order valence-electron chi connectivity index (χ0n) is 14.4. The van der Waals surface area contributed by atoms with Crippen LogP contribution in [-0.2, 0) is 4.79 Å². The molecule has 0 saturated heterocycles. The number of halogens is 2. The monoisotopic (exact) mass is 376 g/mol. The van der Waals surface area contributed by atoms with Gasteiger partial charge in [0, 0.05) is 37.3 Å². The average molecular weight is 376 g/mol. The van der Waals surface area contributed by atoms with E-state index in [0.29, 0.717) is 17.3 Å². The lowest BCUT2D eigenvalue weighted by Gasteiger charge is -2.09. The van der Waals surface area contributed by atoms with Gasteiger partial charge in [0.15, 0.2) is 0 Å². The van der Waals surface area contributed by atoms with Crippen molar-refractivity contribution in [2.45, 2.75) is 6.92 Å². The fraction of sp³-hybridized carbons (Fsp3) is 0.167. The molecule has 2 aromatic rings. The summed E-state index contributed by atoms with van der Waals surface area (Å²) in [5.74, 6) is -2.19. The fourth-order valence-corrected chi connectivity index (χ4v) is 2.12. The molecular formula is C18H18F2N4O3. The van der Waals surface area contributed by atoms with Crippen LogP contribution >= 0.6 is 0 Å². The molecule has 4 N–H and O–H groups in total. The molecule has 2 rings (SSSR count). The van der Waals surface area contributed by atoms with Gasteiger partial charge in [0.2, 0.25) is 5.91 Å². The molecule has 0 fully saturated rings. The molecule has 27 heavy (non-hydrogen) atoms. The highest BCUT2D eigenvalue weighted by Crippen LogP contribution is 2.14. The molecule has 142 valence electrons. The summed E-state index contributed by atoms with van der Waals surface area (Å²) >= 11 is 0. The van der Waals surface area contributed by atoms with Gasteiger partial charge in [-0.3, -0.25) is 9.59 Å². The second-order valence-electron chi connectivity index (χ2n) is 5.52. The van der Waals surface area contributed by atoms with Crippen molar-refractivity contribution >= 4 is 29.2 Å². The lowest BCUT2D eigenvalue weighted by Crippen LogP contribution is -2.36. The maximum Gasteiger partial charge on any atom is 0.319 e. The van der Waals surface area contributed by atoms with Crippen molar-refractivity contribution in [1.29, 1.82) is 0 Å². The standard InChI is InChI=1S/C18H18F2N4O3/c1-11(25)23-14-5-2-12(3-6-14)17(26)21-8-9-22-18(27)24-16-7-4-13(19)10-15(16)20/h2-7,10H,8-9H2,1H3,(H,21,26)(H,23,25)(H2,22,24,27). The van der Waals surface area contributed by atoms with Crippen molar-refractivity contribution in [3.8, 4) is 0 Å². The van der Waals surface area contributed by atoms with E-state index in [2.05, 4.69) is 21.3 Å². The quantitative estimate of drug-likeness (QED) is 0.583. The van der Waals surface area contributed by atoms with Crippen LogP contribution < -0.4 is 21.3 Å². The predicted octanol–water partition coefficient (Wildman–Crippen LogP) is 2.47. The van der Waals surface area contributed by atoms with Crippen LogP contribution in [-0.4, -0.2) is 30.9 Å². The number of hydrogen-bond acceptors (Lipinski definition) is 3. The van der Waals surface area contributed by atoms with Crippen molar-refractivity contribution in [3.05, 3.63) is 59.7 Å². The molecule has 0 aliphatic carbocycles. The third-order valence-electron chi connectivity index (χ3n) is 3.34. The summed E-state index contributed by atoms with van der Waals surface area (Å²) in [7, 11) is 0. The largest absolute Gasteiger partial charge is 0.350 e. The minimum Gasteiger partial charge on any atom is -0.350 e. The summed E-state index contributed by atoms with van der Waals surface area (Å²) in [5, 5.41) is 9.87. The summed E-state index contributed by atoms with van der Waals surface area (Å²) in [5.41, 5.74) is 0.810. The predicted molar refractivity (Wildman–Crippen MR) is 96.5 cm³/mol. The molecule has 0 atom stereocenters. The molecule has 0 aliphatic heterocycles. The molecule has 0 radical (unpaired) electrons. The molecule has 9 heteroatoms. The van der Waals surface area contributed by atoms with Crippen LogP contribution in [0.15, 0.2) is 42.5 Å². The smallest absolute Gasteiger partial charge is 0.319 e. The van der Waals surface area contributed by atoms with Gasteiger partial charge in [0.25, 0.3) is 5.91 Å². The van der Waals surface area contributed by atoms with Crippen molar-refractivity contribution in [1.82, 2.24) is 10.6 Å². The van der Waals surface area contributed by atoms with Gasteiger partial charge < -0.3 is 21.3 Å². The Hall–Kier alpha value is -3.49. The molecule has 4 amide bonds. The van der Waals surface area contributed by atoms with E-state index < -0.39 is 17.7 Å². The molecule has 0 aliphatic rings. The summed E-state index contributed by atoms with van der Waals surface area (Å²) in [6.45, 7) is 1.63. The normalized spacial score (nSPS) is 10.0. The zero-order chi connectivity index (χ0) is 19.8. The molecule has 0 heterocycles. The number of nitrogens with one attached hydrogen (secondary N) is 4. The average Bonchev–Trinajstić information content (AvgIpc) is 2.61. The first-order valence-corrected chi connectivity index (χ1v) is 8.01. The zero-order valence-corrected chi connectivity index (χ0v) is 14.4. The van der Waals surface area contributed by atoms with Crippen molar-refractivity contribution in [2.75, 3.05) is 23.7 Å². The minimum atomic E-state index is -0.888. The highest BCUT2D eigenvalue weighted by Gasteiger charge is 2.08. The summed E-state index contributed by atoms with van der Waals surface area (Å²) < 4.78 is 26.2. The van der Waals surface area contributed by atoms with Crippen LogP contribution in [0.5, 0.6) is 0 Å². The van der Waals surface area contributed by atoms with E-state index >= 15 is 0 Å². The van der Waals surface area contributed by atoms with E-state index in [-0.39, 0.29) is 30.6 Å². The number of carbonyl (C=O) groups is 3. The minimum absolute atomic E-state index is 0.102. The van der Waals surface area contributed by atoms with Gasteiger partial charge in [0.05, 0.1) is 5.69 Å². The molecule has 0 aromatic heterocycles.